The molecule has 1 heterocycles. The number of benzene rings is 1. The summed E-state index contributed by atoms with van der Waals surface area (Å²) < 4.78 is 10.8. The molecule has 6 nitrogen and oxygen atoms in total. The molecule has 0 aliphatic carbocycles. The maximum Gasteiger partial charge on any atom is 0.219 e. The molecule has 116 valence electrons. The van der Waals surface area contributed by atoms with Crippen LogP contribution in [0.3, 0.4) is 0 Å². The fourth-order valence-corrected chi connectivity index (χ4v) is 2.29. The highest BCUT2D eigenvalue weighted by Crippen LogP contribution is 2.30. The van der Waals surface area contributed by atoms with Crippen LogP contribution in [0.15, 0.2) is 43.0 Å². The Morgan fingerprint density at radius 3 is 2.52 bits per heavy atom. The highest BCUT2D eigenvalue weighted by atomic mass is 16.7. The van der Waals surface area contributed by atoms with Crippen LogP contribution >= 0.6 is 0 Å². The molecule has 1 aromatic rings. The van der Waals surface area contributed by atoms with Crippen molar-refractivity contribution in [1.82, 2.24) is 0 Å². The summed E-state index contributed by atoms with van der Waals surface area (Å²) in [6.45, 7) is 2.92. The molecular weight excluding hydrogens is 276 g/mol. The van der Waals surface area contributed by atoms with Gasteiger partial charge in [-0.2, -0.15) is 0 Å². The molecule has 1 fully saturated rings. The largest absolute Gasteiger partial charge is 0.391 e. The van der Waals surface area contributed by atoms with Crippen LogP contribution in [0.5, 0.6) is 0 Å². The highest BCUT2D eigenvalue weighted by molar-refractivity contribution is 5.13. The quantitative estimate of drug-likeness (QED) is 0.550. The molecule has 1 saturated heterocycles. The smallest absolute Gasteiger partial charge is 0.219 e. The van der Waals surface area contributed by atoms with Gasteiger partial charge in [-0.3, -0.25) is 0 Å². The van der Waals surface area contributed by atoms with Crippen LogP contribution in [0.2, 0.25) is 0 Å². The first-order valence-corrected chi connectivity index (χ1v) is 6.67. The Labute approximate surface area is 122 Å². The molecule has 2 rings (SSSR count). The number of ether oxygens (including phenoxy) is 2. The van der Waals surface area contributed by atoms with Crippen molar-refractivity contribution in [2.24, 2.45) is 0 Å². The summed E-state index contributed by atoms with van der Waals surface area (Å²) in [4.78, 5) is 0. The fourth-order valence-electron chi connectivity index (χ4n) is 2.29. The lowest BCUT2D eigenvalue weighted by Crippen LogP contribution is -2.66. The Morgan fingerprint density at radius 2 is 1.95 bits per heavy atom. The van der Waals surface area contributed by atoms with E-state index in [0.717, 1.165) is 5.56 Å². The summed E-state index contributed by atoms with van der Waals surface area (Å²) >= 11 is 0. The van der Waals surface area contributed by atoms with Crippen molar-refractivity contribution in [2.45, 2.75) is 36.8 Å². The minimum atomic E-state index is -2.23. The van der Waals surface area contributed by atoms with Gasteiger partial charge in [-0.15, -0.1) is 6.58 Å². The molecule has 21 heavy (non-hydrogen) atoms. The summed E-state index contributed by atoms with van der Waals surface area (Å²) in [5, 5.41) is 39.1. The number of aliphatic hydroxyl groups is 4. The SMILES string of the molecule is C=CC1O[C@](O)(CO)C(O)C(O)[C@@H]1OCc1ccccc1. The minimum absolute atomic E-state index is 0.209. The van der Waals surface area contributed by atoms with Crippen molar-refractivity contribution >= 4 is 0 Å². The molecule has 0 aromatic heterocycles. The molecule has 0 spiro atoms. The molecule has 0 saturated carbocycles. The third-order valence-corrected chi connectivity index (χ3v) is 3.53. The normalized spacial score (nSPS) is 36.4. The summed E-state index contributed by atoms with van der Waals surface area (Å²) in [5.74, 6) is -2.23. The van der Waals surface area contributed by atoms with Gasteiger partial charge in [0.05, 0.1) is 13.2 Å². The van der Waals surface area contributed by atoms with Crippen molar-refractivity contribution in [1.29, 1.82) is 0 Å². The van der Waals surface area contributed by atoms with Crippen LogP contribution in [0.1, 0.15) is 5.56 Å². The first kappa shape index (κ1) is 16.1. The molecule has 5 atom stereocenters. The van der Waals surface area contributed by atoms with E-state index in [9.17, 15) is 15.3 Å². The maximum absolute atomic E-state index is 10.1. The lowest BCUT2D eigenvalue weighted by atomic mass is 9.92. The van der Waals surface area contributed by atoms with Crippen LogP contribution in [0.25, 0.3) is 0 Å². The third kappa shape index (κ3) is 3.32. The highest BCUT2D eigenvalue weighted by Gasteiger charge is 2.52. The van der Waals surface area contributed by atoms with Gasteiger partial charge in [-0.05, 0) is 5.56 Å². The molecule has 0 radical (unpaired) electrons. The lowest BCUT2D eigenvalue weighted by Gasteiger charge is -2.45. The van der Waals surface area contributed by atoms with Crippen LogP contribution in [0, 0.1) is 0 Å². The van der Waals surface area contributed by atoms with Crippen molar-refractivity contribution in [2.75, 3.05) is 6.61 Å². The van der Waals surface area contributed by atoms with E-state index in [2.05, 4.69) is 6.58 Å². The van der Waals surface area contributed by atoms with Crippen LogP contribution < -0.4 is 0 Å². The van der Waals surface area contributed by atoms with Crippen molar-refractivity contribution in [3.05, 3.63) is 48.6 Å². The van der Waals surface area contributed by atoms with Crippen molar-refractivity contribution < 1.29 is 29.9 Å². The number of hydrogen-bond donors (Lipinski definition) is 4. The van der Waals surface area contributed by atoms with E-state index in [1.165, 1.54) is 6.08 Å². The predicted molar refractivity (Wildman–Crippen MR) is 74.1 cm³/mol. The Bertz CT molecular complexity index is 464. The third-order valence-electron chi connectivity index (χ3n) is 3.53. The van der Waals surface area contributed by atoms with E-state index >= 15 is 0 Å². The molecule has 1 aliphatic rings. The Morgan fingerprint density at radius 1 is 1.29 bits per heavy atom. The first-order chi connectivity index (χ1) is 10.0. The first-order valence-electron chi connectivity index (χ1n) is 6.67. The predicted octanol–water partition coefficient (Wildman–Crippen LogP) is -0.441. The number of hydrogen-bond acceptors (Lipinski definition) is 6. The van der Waals surface area contributed by atoms with Gasteiger partial charge in [0.2, 0.25) is 5.79 Å². The summed E-state index contributed by atoms with van der Waals surface area (Å²) in [7, 11) is 0. The molecule has 1 aliphatic heterocycles. The number of rotatable bonds is 5. The van der Waals surface area contributed by atoms with Gasteiger partial charge in [0.15, 0.2) is 0 Å². The average molecular weight is 296 g/mol. The fraction of sp³-hybridized carbons (Fsp3) is 0.467. The van der Waals surface area contributed by atoms with Gasteiger partial charge >= 0.3 is 0 Å². The second kappa shape index (κ2) is 6.65. The second-order valence-corrected chi connectivity index (χ2v) is 5.02. The zero-order valence-electron chi connectivity index (χ0n) is 11.5. The van der Waals surface area contributed by atoms with E-state index in [-0.39, 0.29) is 6.61 Å². The topological polar surface area (TPSA) is 99.4 Å². The van der Waals surface area contributed by atoms with E-state index in [1.54, 1.807) is 0 Å². The Hall–Kier alpha value is -1.28. The standard InChI is InChI=1S/C15H20O6/c1-2-11-13(20-8-10-6-4-3-5-7-10)12(17)14(18)15(19,9-16)21-11/h2-7,11-14,16-19H,1,8-9H2/t11?,12?,13-,14?,15-/m1/s1. The molecule has 0 amide bonds. The molecule has 6 heteroatoms. The Balaban J connectivity index is 2.09. The summed E-state index contributed by atoms with van der Waals surface area (Å²) in [5.41, 5.74) is 0.894. The van der Waals surface area contributed by atoms with Crippen molar-refractivity contribution in [3.63, 3.8) is 0 Å². The van der Waals surface area contributed by atoms with Gasteiger partial charge < -0.3 is 29.9 Å². The lowest BCUT2D eigenvalue weighted by molar-refractivity contribution is -0.351. The molecular formula is C15H20O6. The second-order valence-electron chi connectivity index (χ2n) is 5.02. The van der Waals surface area contributed by atoms with E-state index in [0.29, 0.717) is 0 Å². The number of aliphatic hydroxyl groups excluding tert-OH is 3. The van der Waals surface area contributed by atoms with Crippen LogP contribution in [-0.4, -0.2) is 57.2 Å². The van der Waals surface area contributed by atoms with Gasteiger partial charge in [-0.1, -0.05) is 36.4 Å². The maximum atomic E-state index is 10.1. The summed E-state index contributed by atoms with van der Waals surface area (Å²) in [6, 6.07) is 9.31. The molecule has 3 unspecified atom stereocenters. The van der Waals surface area contributed by atoms with Gasteiger partial charge in [0.25, 0.3) is 0 Å². The summed E-state index contributed by atoms with van der Waals surface area (Å²) in [6.07, 6.45) is -3.50. The van der Waals surface area contributed by atoms with Crippen LogP contribution in [0.4, 0.5) is 0 Å². The van der Waals surface area contributed by atoms with E-state index in [4.69, 9.17) is 14.6 Å². The van der Waals surface area contributed by atoms with Gasteiger partial charge in [-0.25, -0.2) is 0 Å². The monoisotopic (exact) mass is 296 g/mol. The Kier molecular flexibility index (Phi) is 5.10. The zero-order chi connectivity index (χ0) is 15.5. The molecule has 1 aromatic carbocycles. The van der Waals surface area contributed by atoms with E-state index < -0.39 is 36.8 Å². The molecule has 0 bridgehead atoms. The minimum Gasteiger partial charge on any atom is -0.391 e. The van der Waals surface area contributed by atoms with Crippen molar-refractivity contribution in [3.8, 4) is 0 Å². The van der Waals surface area contributed by atoms with Gasteiger partial charge in [0.1, 0.15) is 24.4 Å². The molecule has 4 N–H and O–H groups in total. The van der Waals surface area contributed by atoms with Crippen LogP contribution in [-0.2, 0) is 16.1 Å². The van der Waals surface area contributed by atoms with E-state index in [1.807, 2.05) is 30.3 Å². The zero-order valence-corrected chi connectivity index (χ0v) is 11.5. The average Bonchev–Trinajstić information content (AvgIpc) is 2.52. The van der Waals surface area contributed by atoms with Gasteiger partial charge in [0, 0.05) is 0 Å².